The van der Waals surface area contributed by atoms with Crippen molar-refractivity contribution in [2.45, 2.75) is 23.4 Å². The van der Waals surface area contributed by atoms with Gasteiger partial charge in [-0.3, -0.25) is 0 Å². The zero-order valence-electron chi connectivity index (χ0n) is 19.6. The molecule has 6 rings (SSSR count). The Balaban J connectivity index is 1.30. The maximum atomic E-state index is 12.7. The van der Waals surface area contributed by atoms with E-state index in [4.69, 9.17) is 42.6 Å². The molecule has 2 bridgehead atoms. The van der Waals surface area contributed by atoms with Crippen LogP contribution in [0.25, 0.3) is 0 Å². The number of epoxide rings is 1. The highest BCUT2D eigenvalue weighted by molar-refractivity contribution is 6.02. The van der Waals surface area contributed by atoms with Gasteiger partial charge in [-0.1, -0.05) is 0 Å². The molecule has 4 aliphatic heterocycles. The van der Waals surface area contributed by atoms with Crippen LogP contribution in [0.3, 0.4) is 0 Å². The Hall–Kier alpha value is -2.44. The second kappa shape index (κ2) is 8.59. The summed E-state index contributed by atoms with van der Waals surface area (Å²) in [6.45, 7) is 3.36. The van der Waals surface area contributed by atoms with Gasteiger partial charge in [-0.05, 0) is 23.3 Å². The minimum Gasteiger partial charge on any atom is -0.487 e. The third kappa shape index (κ3) is 3.08. The molecule has 4 heterocycles. The van der Waals surface area contributed by atoms with Crippen LogP contribution in [0.2, 0.25) is 0 Å². The lowest BCUT2D eigenvalue weighted by molar-refractivity contribution is -0.162. The molecule has 2 saturated heterocycles. The Labute approximate surface area is 201 Å². The zero-order valence-corrected chi connectivity index (χ0v) is 19.6. The molecular weight excluding hydrogens is 464 g/mol. The number of hydrogen-bond acceptors (Lipinski definition) is 11. The van der Waals surface area contributed by atoms with E-state index >= 15 is 0 Å². The number of ether oxygens (including phenoxy) is 9. The van der Waals surface area contributed by atoms with Crippen LogP contribution in [-0.4, -0.2) is 90.2 Å². The summed E-state index contributed by atoms with van der Waals surface area (Å²) in [5.41, 5.74) is -0.989. The van der Waals surface area contributed by atoms with Gasteiger partial charge < -0.3 is 42.6 Å². The van der Waals surface area contributed by atoms with Crippen molar-refractivity contribution in [3.05, 3.63) is 23.3 Å². The Morgan fingerprint density at radius 2 is 1.11 bits per heavy atom. The molecule has 11 heteroatoms. The van der Waals surface area contributed by atoms with Gasteiger partial charge in [0.1, 0.15) is 13.2 Å². The van der Waals surface area contributed by atoms with Crippen molar-refractivity contribution >= 4 is 11.9 Å². The summed E-state index contributed by atoms with van der Waals surface area (Å²) in [7, 11) is 2.56. The summed E-state index contributed by atoms with van der Waals surface area (Å²) in [5.74, 6) is -0.787. The van der Waals surface area contributed by atoms with Gasteiger partial charge in [-0.15, -0.1) is 0 Å². The van der Waals surface area contributed by atoms with Crippen LogP contribution in [0, 0.1) is 11.8 Å². The molecule has 5 aliphatic rings. The number of fused-ring (bicyclic) bond motifs is 12. The van der Waals surface area contributed by atoms with Crippen molar-refractivity contribution in [2.24, 2.45) is 11.8 Å². The number of benzene rings is 1. The van der Waals surface area contributed by atoms with E-state index in [2.05, 4.69) is 0 Å². The minimum absolute atomic E-state index is 0.327. The van der Waals surface area contributed by atoms with E-state index in [1.165, 1.54) is 14.2 Å². The van der Waals surface area contributed by atoms with Gasteiger partial charge in [0.25, 0.3) is 0 Å². The molecule has 190 valence electrons. The monoisotopic (exact) mass is 492 g/mol. The normalized spacial score (nSPS) is 37.4. The fourth-order valence-corrected chi connectivity index (χ4v) is 6.17. The Morgan fingerprint density at radius 3 is 1.51 bits per heavy atom. The topological polar surface area (TPSA) is 121 Å². The van der Waals surface area contributed by atoms with E-state index in [0.717, 1.165) is 11.1 Å². The van der Waals surface area contributed by atoms with Crippen molar-refractivity contribution in [3.63, 3.8) is 0 Å². The van der Waals surface area contributed by atoms with E-state index in [1.807, 2.05) is 12.1 Å². The number of carbonyl (C=O) groups is 2. The lowest BCUT2D eigenvalue weighted by Gasteiger charge is -2.43. The van der Waals surface area contributed by atoms with Gasteiger partial charge in [0.05, 0.1) is 66.1 Å². The molecule has 1 aliphatic carbocycles. The standard InChI is InChI=1S/C24H28O11/c1-27-21(25)23-17-18(24(23,35-23)22(26)28-2)20-14-12-16-15(11-13(14)19(17)34-20)32-9-7-30-5-3-29-4-6-31-8-10-33-16/h11-12,17-20H,3-10H2,1-2H3/t17-,18+,19+,20-,23+,24-. The molecule has 1 aromatic carbocycles. The van der Waals surface area contributed by atoms with E-state index in [-0.39, 0.29) is 11.8 Å². The van der Waals surface area contributed by atoms with Gasteiger partial charge in [-0.25, -0.2) is 9.59 Å². The largest absolute Gasteiger partial charge is 0.487 e. The SMILES string of the molecule is COC(=O)[C@]12O[C@@]1(C(=O)OC)[C@H]1[C@@H]2[C@H]2O[C@@H]1c1cc3c(cc12)OCCOCCOCCOCCO3. The van der Waals surface area contributed by atoms with E-state index in [0.29, 0.717) is 64.4 Å². The molecule has 0 spiro atoms. The molecule has 0 unspecified atom stereocenters. The molecular formula is C24H28O11. The van der Waals surface area contributed by atoms with Gasteiger partial charge in [0.2, 0.25) is 11.2 Å². The zero-order chi connectivity index (χ0) is 24.2. The van der Waals surface area contributed by atoms with Crippen LogP contribution < -0.4 is 9.47 Å². The first-order chi connectivity index (χ1) is 17.1. The highest BCUT2D eigenvalue weighted by atomic mass is 16.7. The van der Waals surface area contributed by atoms with Gasteiger partial charge in [0, 0.05) is 11.8 Å². The molecule has 6 atom stereocenters. The molecule has 1 aromatic rings. The lowest BCUT2D eigenvalue weighted by atomic mass is 9.51. The van der Waals surface area contributed by atoms with Crippen LogP contribution >= 0.6 is 0 Å². The maximum absolute atomic E-state index is 12.7. The summed E-state index contributed by atoms with van der Waals surface area (Å²) in [6.07, 6.45) is -0.886. The number of methoxy groups -OCH3 is 2. The Bertz CT molecular complexity index is 950. The first-order valence-electron chi connectivity index (χ1n) is 11.8. The second-order valence-corrected chi connectivity index (χ2v) is 9.05. The summed E-state index contributed by atoms with van der Waals surface area (Å²) in [5, 5.41) is 0. The average molecular weight is 492 g/mol. The third-order valence-electron chi connectivity index (χ3n) is 7.56. The smallest absolute Gasteiger partial charge is 0.342 e. The highest BCUT2D eigenvalue weighted by Gasteiger charge is 3.00. The number of rotatable bonds is 2. The molecule has 35 heavy (non-hydrogen) atoms. The molecule has 11 nitrogen and oxygen atoms in total. The molecule has 0 N–H and O–H groups in total. The Morgan fingerprint density at radius 1 is 0.714 bits per heavy atom. The van der Waals surface area contributed by atoms with Crippen molar-refractivity contribution in [3.8, 4) is 11.5 Å². The maximum Gasteiger partial charge on any atom is 0.342 e. The van der Waals surface area contributed by atoms with Crippen LogP contribution in [0.1, 0.15) is 23.3 Å². The first kappa shape index (κ1) is 23.0. The van der Waals surface area contributed by atoms with Crippen LogP contribution in [0.15, 0.2) is 12.1 Å². The predicted molar refractivity (Wildman–Crippen MR) is 114 cm³/mol. The number of esters is 2. The minimum atomic E-state index is -1.38. The molecule has 0 aromatic heterocycles. The first-order valence-corrected chi connectivity index (χ1v) is 11.8. The van der Waals surface area contributed by atoms with Crippen molar-refractivity contribution in [2.75, 3.05) is 67.1 Å². The predicted octanol–water partition coefficient (Wildman–Crippen LogP) is 0.733. The fraction of sp³-hybridized carbons (Fsp3) is 0.667. The van der Waals surface area contributed by atoms with E-state index in [1.54, 1.807) is 0 Å². The molecule has 3 fully saturated rings. The summed E-state index contributed by atoms with van der Waals surface area (Å²) >= 11 is 0. The van der Waals surface area contributed by atoms with Crippen molar-refractivity contribution < 1.29 is 52.2 Å². The van der Waals surface area contributed by atoms with E-state index < -0.39 is 35.3 Å². The van der Waals surface area contributed by atoms with Gasteiger partial charge in [0.15, 0.2) is 11.5 Å². The van der Waals surface area contributed by atoms with E-state index in [9.17, 15) is 9.59 Å². The van der Waals surface area contributed by atoms with Gasteiger partial charge in [-0.2, -0.15) is 0 Å². The van der Waals surface area contributed by atoms with Crippen LogP contribution in [0.5, 0.6) is 11.5 Å². The molecule has 0 amide bonds. The van der Waals surface area contributed by atoms with Crippen molar-refractivity contribution in [1.29, 1.82) is 0 Å². The summed E-state index contributed by atoms with van der Waals surface area (Å²) in [6, 6.07) is 3.78. The highest BCUT2D eigenvalue weighted by Crippen LogP contribution is 2.83. The third-order valence-corrected chi connectivity index (χ3v) is 7.56. The number of carbonyl (C=O) groups excluding carboxylic acids is 2. The number of hydrogen-bond donors (Lipinski definition) is 0. The quantitative estimate of drug-likeness (QED) is 0.330. The fourth-order valence-electron chi connectivity index (χ4n) is 6.17. The lowest BCUT2D eigenvalue weighted by Crippen LogP contribution is -2.64. The van der Waals surface area contributed by atoms with Crippen molar-refractivity contribution in [1.82, 2.24) is 0 Å². The molecule has 0 radical (unpaired) electrons. The van der Waals surface area contributed by atoms with Crippen LogP contribution in [0.4, 0.5) is 0 Å². The summed E-state index contributed by atoms with van der Waals surface area (Å²) < 4.78 is 50.8. The molecule has 1 saturated carbocycles. The average Bonchev–Trinajstić information content (AvgIpc) is 3.10. The summed E-state index contributed by atoms with van der Waals surface area (Å²) in [4.78, 5) is 25.5. The Kier molecular flexibility index (Phi) is 5.65. The van der Waals surface area contributed by atoms with Gasteiger partial charge >= 0.3 is 11.9 Å². The van der Waals surface area contributed by atoms with Crippen LogP contribution in [-0.2, 0) is 42.7 Å². The second-order valence-electron chi connectivity index (χ2n) is 9.05.